The van der Waals surface area contributed by atoms with Gasteiger partial charge in [0.05, 0.1) is 20.8 Å². The number of hydrogen-bond acceptors (Lipinski definition) is 6. The molecule has 0 amide bonds. The Balaban J connectivity index is 2.26. The van der Waals surface area contributed by atoms with Crippen LogP contribution in [0.1, 0.15) is 6.42 Å². The summed E-state index contributed by atoms with van der Waals surface area (Å²) < 4.78 is 35.8. The molecule has 8 heteroatoms. The first-order valence-corrected chi connectivity index (χ1v) is 5.01. The highest BCUT2D eigenvalue weighted by molar-refractivity contribution is 5.34. The molecule has 0 radical (unpaired) electrons. The molecular weight excluding hydrogens is 234 g/mol. The Hall–Kier alpha value is -1.73. The van der Waals surface area contributed by atoms with Gasteiger partial charge in [-0.3, -0.25) is 0 Å². The number of hydrogen-bond donors (Lipinski definition) is 0. The number of ether oxygens (including phenoxy) is 2. The smallest absolute Gasteiger partial charge is 0.324 e. The van der Waals surface area contributed by atoms with Gasteiger partial charge in [-0.1, -0.05) is 0 Å². The Labute approximate surface area is 96.6 Å². The van der Waals surface area contributed by atoms with E-state index in [1.165, 1.54) is 19.1 Å². The topological polar surface area (TPSA) is 60.4 Å². The molecule has 1 aromatic rings. The summed E-state index contributed by atoms with van der Waals surface area (Å²) in [6, 6.07) is 0.0872. The molecule has 0 aromatic carbocycles. The lowest BCUT2D eigenvalue weighted by Gasteiger charge is -2.16. The van der Waals surface area contributed by atoms with Gasteiger partial charge in [0.15, 0.2) is 0 Å². The third-order valence-corrected chi connectivity index (χ3v) is 2.40. The SMILES string of the molecule is COc1nc(OC)nc(N2CCC(F)(F)C2)n1. The number of aromatic nitrogens is 3. The predicted octanol–water partition coefficient (Wildman–Crippen LogP) is 0.734. The predicted molar refractivity (Wildman–Crippen MR) is 54.7 cm³/mol. The highest BCUT2D eigenvalue weighted by Crippen LogP contribution is 2.29. The third-order valence-electron chi connectivity index (χ3n) is 2.40. The van der Waals surface area contributed by atoms with Crippen LogP contribution in [0.15, 0.2) is 0 Å². The second-order valence-electron chi connectivity index (χ2n) is 3.64. The molecule has 1 aliphatic heterocycles. The highest BCUT2D eigenvalue weighted by Gasteiger charge is 2.39. The molecule has 6 nitrogen and oxygen atoms in total. The van der Waals surface area contributed by atoms with Gasteiger partial charge in [-0.15, -0.1) is 4.98 Å². The maximum absolute atomic E-state index is 13.1. The number of halogens is 2. The van der Waals surface area contributed by atoms with Gasteiger partial charge in [0.1, 0.15) is 0 Å². The van der Waals surface area contributed by atoms with Crippen molar-refractivity contribution in [3.05, 3.63) is 0 Å². The molecule has 1 saturated heterocycles. The normalized spacial score (nSPS) is 18.2. The lowest BCUT2D eigenvalue weighted by molar-refractivity contribution is 0.0256. The van der Waals surface area contributed by atoms with E-state index in [9.17, 15) is 8.78 Å². The average molecular weight is 246 g/mol. The van der Waals surface area contributed by atoms with Gasteiger partial charge in [0.2, 0.25) is 5.95 Å². The van der Waals surface area contributed by atoms with Crippen LogP contribution in [-0.4, -0.2) is 48.2 Å². The van der Waals surface area contributed by atoms with Crippen LogP contribution in [-0.2, 0) is 0 Å². The van der Waals surface area contributed by atoms with E-state index in [0.29, 0.717) is 0 Å². The van der Waals surface area contributed by atoms with Crippen molar-refractivity contribution >= 4 is 5.95 Å². The van der Waals surface area contributed by atoms with Gasteiger partial charge in [-0.05, 0) is 0 Å². The summed E-state index contributed by atoms with van der Waals surface area (Å²) in [5.41, 5.74) is 0. The second kappa shape index (κ2) is 4.27. The van der Waals surface area contributed by atoms with Crippen LogP contribution < -0.4 is 14.4 Å². The van der Waals surface area contributed by atoms with Gasteiger partial charge < -0.3 is 14.4 Å². The van der Waals surface area contributed by atoms with Crippen molar-refractivity contribution in [3.8, 4) is 12.0 Å². The van der Waals surface area contributed by atoms with E-state index < -0.39 is 12.5 Å². The minimum atomic E-state index is -2.70. The van der Waals surface area contributed by atoms with Crippen LogP contribution in [0.25, 0.3) is 0 Å². The molecule has 1 fully saturated rings. The standard InChI is InChI=1S/C9H12F2N4O2/c1-16-7-12-6(13-8(14-7)17-2)15-4-3-9(10,11)5-15/h3-5H2,1-2H3. The van der Waals surface area contributed by atoms with Crippen molar-refractivity contribution in [2.24, 2.45) is 0 Å². The minimum absolute atomic E-state index is 0.0436. The Morgan fingerprint density at radius 1 is 1.12 bits per heavy atom. The number of nitrogens with zero attached hydrogens (tertiary/aromatic N) is 4. The fourth-order valence-corrected chi connectivity index (χ4v) is 1.56. The molecule has 0 atom stereocenters. The van der Waals surface area contributed by atoms with Gasteiger partial charge >= 0.3 is 12.0 Å². The quantitative estimate of drug-likeness (QED) is 0.783. The molecule has 1 aromatic heterocycles. The van der Waals surface area contributed by atoms with E-state index in [4.69, 9.17) is 9.47 Å². The van der Waals surface area contributed by atoms with E-state index >= 15 is 0 Å². The van der Waals surface area contributed by atoms with Crippen LogP contribution in [0, 0.1) is 0 Å². The molecule has 94 valence electrons. The molecular formula is C9H12F2N4O2. The summed E-state index contributed by atoms with van der Waals surface area (Å²) in [6.07, 6.45) is -0.205. The zero-order valence-electron chi connectivity index (χ0n) is 9.48. The number of anilines is 1. The molecule has 0 bridgehead atoms. The first-order valence-electron chi connectivity index (χ1n) is 5.01. The molecule has 2 heterocycles. The van der Waals surface area contributed by atoms with Gasteiger partial charge in [0, 0.05) is 13.0 Å². The molecule has 0 aliphatic carbocycles. The number of rotatable bonds is 3. The van der Waals surface area contributed by atoms with Crippen molar-refractivity contribution in [1.29, 1.82) is 0 Å². The Bertz CT molecular complexity index is 394. The minimum Gasteiger partial charge on any atom is -0.467 e. The van der Waals surface area contributed by atoms with Gasteiger partial charge in [-0.2, -0.15) is 9.97 Å². The van der Waals surface area contributed by atoms with Crippen LogP contribution in [0.4, 0.5) is 14.7 Å². The average Bonchev–Trinajstić information content (AvgIpc) is 2.69. The summed E-state index contributed by atoms with van der Waals surface area (Å²) in [6.45, 7) is -0.202. The monoisotopic (exact) mass is 246 g/mol. The van der Waals surface area contributed by atoms with Crippen molar-refractivity contribution < 1.29 is 18.3 Å². The van der Waals surface area contributed by atoms with Gasteiger partial charge in [-0.25, -0.2) is 8.78 Å². The van der Waals surface area contributed by atoms with E-state index in [1.807, 2.05) is 0 Å². The van der Waals surface area contributed by atoms with Crippen molar-refractivity contribution in [3.63, 3.8) is 0 Å². The zero-order valence-corrected chi connectivity index (χ0v) is 9.48. The molecule has 1 aliphatic rings. The first kappa shape index (κ1) is 11.7. The van der Waals surface area contributed by atoms with Crippen molar-refractivity contribution in [1.82, 2.24) is 15.0 Å². The Morgan fingerprint density at radius 2 is 1.71 bits per heavy atom. The lowest BCUT2D eigenvalue weighted by Crippen LogP contribution is -2.26. The molecule has 2 rings (SSSR count). The zero-order chi connectivity index (χ0) is 12.5. The fraction of sp³-hybridized carbons (Fsp3) is 0.667. The van der Waals surface area contributed by atoms with Crippen LogP contribution in [0.5, 0.6) is 12.0 Å². The second-order valence-corrected chi connectivity index (χ2v) is 3.64. The van der Waals surface area contributed by atoms with Crippen LogP contribution in [0.3, 0.4) is 0 Å². The Kier molecular flexibility index (Phi) is 2.95. The van der Waals surface area contributed by atoms with E-state index in [2.05, 4.69) is 15.0 Å². The largest absolute Gasteiger partial charge is 0.467 e. The van der Waals surface area contributed by atoms with Crippen molar-refractivity contribution in [2.75, 3.05) is 32.2 Å². The summed E-state index contributed by atoms with van der Waals surface area (Å²) in [4.78, 5) is 13.0. The first-order chi connectivity index (χ1) is 8.04. The summed E-state index contributed by atoms with van der Waals surface area (Å²) in [5, 5.41) is 0. The van der Waals surface area contributed by atoms with E-state index in [-0.39, 0.29) is 30.9 Å². The van der Waals surface area contributed by atoms with E-state index in [1.54, 1.807) is 0 Å². The molecule has 0 unspecified atom stereocenters. The molecule has 0 N–H and O–H groups in total. The third kappa shape index (κ3) is 2.51. The molecule has 0 saturated carbocycles. The molecule has 0 spiro atoms. The van der Waals surface area contributed by atoms with Crippen molar-refractivity contribution in [2.45, 2.75) is 12.3 Å². The summed E-state index contributed by atoms with van der Waals surface area (Å²) in [5.74, 6) is -2.56. The summed E-state index contributed by atoms with van der Waals surface area (Å²) in [7, 11) is 2.77. The molecule has 17 heavy (non-hydrogen) atoms. The maximum Gasteiger partial charge on any atom is 0.324 e. The van der Waals surface area contributed by atoms with E-state index in [0.717, 1.165) is 0 Å². The maximum atomic E-state index is 13.1. The summed E-state index contributed by atoms with van der Waals surface area (Å²) >= 11 is 0. The van der Waals surface area contributed by atoms with Gasteiger partial charge in [0.25, 0.3) is 5.92 Å². The Morgan fingerprint density at radius 3 is 2.12 bits per heavy atom. The lowest BCUT2D eigenvalue weighted by atomic mass is 10.3. The van der Waals surface area contributed by atoms with Crippen LogP contribution >= 0.6 is 0 Å². The number of methoxy groups -OCH3 is 2. The fourth-order valence-electron chi connectivity index (χ4n) is 1.56. The highest BCUT2D eigenvalue weighted by atomic mass is 19.3. The number of alkyl halides is 2. The van der Waals surface area contributed by atoms with Crippen LogP contribution in [0.2, 0.25) is 0 Å².